The molecule has 0 aliphatic carbocycles. The Morgan fingerprint density at radius 2 is 1.11 bits per heavy atom. The lowest BCUT2D eigenvalue weighted by Crippen LogP contribution is -2.27. The van der Waals surface area contributed by atoms with Crippen LogP contribution in [0.5, 0.6) is 0 Å². The van der Waals surface area contributed by atoms with Crippen molar-refractivity contribution in [3.8, 4) is 0 Å². The zero-order valence-corrected chi connectivity index (χ0v) is 23.0. The maximum absolute atomic E-state index is 7.35. The zero-order chi connectivity index (χ0) is 25.9. The normalized spacial score (nSPS) is 12.8. The Labute approximate surface area is 222 Å². The summed E-state index contributed by atoms with van der Waals surface area (Å²) in [5.41, 5.74) is 9.07. The maximum atomic E-state index is 7.35. The highest BCUT2D eigenvalue weighted by molar-refractivity contribution is 7.24. The summed E-state index contributed by atoms with van der Waals surface area (Å²) in [6, 6.07) is 34.1. The average molecular weight is 492 g/mol. The minimum atomic E-state index is -0.342. The first-order valence-electron chi connectivity index (χ1n) is 12.6. The molecule has 1 aromatic heterocycles. The first-order valence-corrected chi connectivity index (χ1v) is 13.1. The molecule has 1 nitrogen and oxygen atoms in total. The van der Waals surface area contributed by atoms with Gasteiger partial charge in [0.1, 0.15) is 0 Å². The van der Waals surface area contributed by atoms with Crippen LogP contribution in [0, 0.1) is 0 Å². The molecule has 0 saturated carbocycles. The molecule has 0 radical (unpaired) electrons. The topological polar surface area (TPSA) is 12.9 Å². The van der Waals surface area contributed by atoms with E-state index in [-0.39, 0.29) is 17.0 Å². The van der Waals surface area contributed by atoms with Gasteiger partial charge in [0, 0.05) is 11.8 Å². The van der Waals surface area contributed by atoms with Gasteiger partial charge < -0.3 is 0 Å². The van der Waals surface area contributed by atoms with E-state index < -0.39 is 0 Å². The van der Waals surface area contributed by atoms with Gasteiger partial charge in [-0.15, -0.1) is 0 Å². The second kappa shape index (κ2) is 10.5. The number of rotatable bonds is 5. The van der Waals surface area contributed by atoms with Crippen LogP contribution >= 0.6 is 11.5 Å². The zero-order valence-electron chi connectivity index (χ0n) is 22.2. The maximum Gasteiger partial charge on any atom is 0.316 e. The first-order chi connectivity index (χ1) is 17.1. The molecule has 0 fully saturated rings. The number of hydrogen-bond donors (Lipinski definition) is 0. The van der Waals surface area contributed by atoms with Crippen LogP contribution in [0.4, 0.5) is 0 Å². The van der Waals surface area contributed by atoms with Gasteiger partial charge >= 0.3 is 6.13 Å². The Hall–Kier alpha value is -3.10. The van der Waals surface area contributed by atoms with Crippen LogP contribution in [0.2, 0.25) is 0 Å². The molecule has 0 bridgehead atoms. The minimum Gasteiger partial charge on any atom is -0.256 e. The fourth-order valence-corrected chi connectivity index (χ4v) is 4.83. The van der Waals surface area contributed by atoms with E-state index in [1.165, 1.54) is 11.1 Å². The van der Waals surface area contributed by atoms with Gasteiger partial charge in [-0.2, -0.15) is 11.5 Å². The quantitative estimate of drug-likeness (QED) is 0.202. The second-order valence-corrected chi connectivity index (χ2v) is 11.9. The third-order valence-corrected chi connectivity index (χ3v) is 7.11. The Balaban J connectivity index is 2.01. The van der Waals surface area contributed by atoms with Crippen molar-refractivity contribution in [3.05, 3.63) is 131 Å². The molecule has 0 amide bonds. The highest BCUT2D eigenvalue weighted by Crippen LogP contribution is 2.36. The van der Waals surface area contributed by atoms with Crippen molar-refractivity contribution in [1.29, 1.82) is 0 Å². The largest absolute Gasteiger partial charge is 0.316 e. The third kappa shape index (κ3) is 5.82. The van der Waals surface area contributed by atoms with E-state index in [9.17, 15) is 0 Å². The van der Waals surface area contributed by atoms with E-state index >= 15 is 0 Å². The summed E-state index contributed by atoms with van der Waals surface area (Å²) in [5, 5.41) is 0. The van der Waals surface area contributed by atoms with Gasteiger partial charge in [0.15, 0.2) is 0 Å². The number of aromatic nitrogens is 1. The van der Waals surface area contributed by atoms with Crippen molar-refractivity contribution in [2.24, 2.45) is 0 Å². The highest BCUT2D eigenvalue weighted by atomic mass is 35.5. The Morgan fingerprint density at radius 3 is 1.58 bits per heavy atom. The van der Waals surface area contributed by atoms with Crippen LogP contribution in [0.1, 0.15) is 69.5 Å². The standard InChI is InChI=1S/C33H35BClN/c1-32(2,3)26-19-15-24(16-20-26)30(29-14-10-11-23-36-29)31(34(35)28-12-8-7-9-13-28)25-17-21-27(22-18-25)33(4,5)6/h7-23H,1-6H3/b31-30-. The number of halogens is 1. The second-order valence-electron chi connectivity index (χ2n) is 11.4. The Kier molecular flexibility index (Phi) is 7.57. The molecule has 0 atom stereocenters. The lowest BCUT2D eigenvalue weighted by Gasteiger charge is -2.23. The lowest BCUT2D eigenvalue weighted by atomic mass is 9.57. The summed E-state index contributed by atoms with van der Waals surface area (Å²) in [4.78, 5) is 4.79. The fraction of sp³-hybridized carbons (Fsp3) is 0.242. The van der Waals surface area contributed by atoms with Crippen LogP contribution in [0.3, 0.4) is 0 Å². The van der Waals surface area contributed by atoms with Crippen LogP contribution in [-0.2, 0) is 10.8 Å². The number of hydrogen-bond acceptors (Lipinski definition) is 1. The van der Waals surface area contributed by atoms with Gasteiger partial charge in [0.2, 0.25) is 0 Å². The monoisotopic (exact) mass is 491 g/mol. The van der Waals surface area contributed by atoms with Crippen LogP contribution in [0.25, 0.3) is 11.0 Å². The summed E-state index contributed by atoms with van der Waals surface area (Å²) in [6.45, 7) is 13.4. The highest BCUT2D eigenvalue weighted by Gasteiger charge is 2.27. The molecule has 1 heterocycles. The molecule has 36 heavy (non-hydrogen) atoms. The molecule has 4 aromatic rings. The molecule has 0 aliphatic heterocycles. The number of nitrogens with zero attached hydrogens (tertiary/aromatic N) is 1. The third-order valence-electron chi connectivity index (χ3n) is 6.64. The molecule has 0 saturated heterocycles. The molecule has 182 valence electrons. The van der Waals surface area contributed by atoms with Crippen molar-refractivity contribution >= 4 is 34.1 Å². The molecular formula is C33H35BClN. The van der Waals surface area contributed by atoms with E-state index in [1.54, 1.807) is 0 Å². The van der Waals surface area contributed by atoms with E-state index in [2.05, 4.69) is 108 Å². The molecule has 0 aliphatic rings. The Morgan fingerprint density at radius 1 is 0.611 bits per heavy atom. The predicted molar refractivity (Wildman–Crippen MR) is 158 cm³/mol. The van der Waals surface area contributed by atoms with E-state index in [1.807, 2.05) is 36.5 Å². The molecule has 0 unspecified atom stereocenters. The first kappa shape index (κ1) is 26.0. The number of benzene rings is 3. The van der Waals surface area contributed by atoms with Crippen molar-refractivity contribution < 1.29 is 0 Å². The van der Waals surface area contributed by atoms with Gasteiger partial charge in [-0.25, -0.2) is 0 Å². The fourth-order valence-electron chi connectivity index (χ4n) is 4.44. The smallest absolute Gasteiger partial charge is 0.256 e. The van der Waals surface area contributed by atoms with E-state index in [0.717, 1.165) is 33.3 Å². The van der Waals surface area contributed by atoms with Crippen molar-refractivity contribution in [2.75, 3.05) is 0 Å². The van der Waals surface area contributed by atoms with Crippen molar-refractivity contribution in [2.45, 2.75) is 52.4 Å². The van der Waals surface area contributed by atoms with E-state index in [0.29, 0.717) is 0 Å². The van der Waals surface area contributed by atoms with Crippen LogP contribution < -0.4 is 5.46 Å². The Bertz CT molecular complexity index is 1310. The summed E-state index contributed by atoms with van der Waals surface area (Å²) >= 11 is 7.35. The van der Waals surface area contributed by atoms with Crippen molar-refractivity contribution in [1.82, 2.24) is 4.98 Å². The van der Waals surface area contributed by atoms with Crippen LogP contribution in [0.15, 0.2) is 103 Å². The predicted octanol–water partition coefficient (Wildman–Crippen LogP) is 8.31. The average Bonchev–Trinajstić information content (AvgIpc) is 2.87. The molecule has 0 N–H and O–H groups in total. The minimum absolute atomic E-state index is 0.0782. The summed E-state index contributed by atoms with van der Waals surface area (Å²) in [5.74, 6) is 0. The molecule has 3 heteroatoms. The van der Waals surface area contributed by atoms with E-state index in [4.69, 9.17) is 16.4 Å². The summed E-state index contributed by atoms with van der Waals surface area (Å²) in [7, 11) is 0. The molecular weight excluding hydrogens is 457 g/mol. The van der Waals surface area contributed by atoms with Crippen molar-refractivity contribution in [3.63, 3.8) is 0 Å². The van der Waals surface area contributed by atoms with Gasteiger partial charge in [-0.1, -0.05) is 132 Å². The van der Waals surface area contributed by atoms with Crippen LogP contribution in [-0.4, -0.2) is 11.1 Å². The van der Waals surface area contributed by atoms with Gasteiger partial charge in [0.05, 0.1) is 5.69 Å². The molecule has 3 aromatic carbocycles. The van der Waals surface area contributed by atoms with Gasteiger partial charge in [-0.3, -0.25) is 4.98 Å². The summed E-state index contributed by atoms with van der Waals surface area (Å²) in [6.07, 6.45) is 1.51. The van der Waals surface area contributed by atoms with Gasteiger partial charge in [0.25, 0.3) is 0 Å². The lowest BCUT2D eigenvalue weighted by molar-refractivity contribution is 0.590. The van der Waals surface area contributed by atoms with Gasteiger partial charge in [-0.05, 0) is 50.7 Å². The molecule has 0 spiro atoms. The summed E-state index contributed by atoms with van der Waals surface area (Å²) < 4.78 is 0. The number of pyridine rings is 1. The SMILES string of the molecule is CC(C)(C)c1ccc(/C(B(Cl)c2ccccc2)=C(\c2ccc(C(C)(C)C)cc2)c2ccccn2)cc1. The molecule has 4 rings (SSSR count).